The monoisotopic (exact) mass is 618 g/mol. The van der Waals surface area contributed by atoms with Gasteiger partial charge >= 0.3 is 12.1 Å². The van der Waals surface area contributed by atoms with Crippen LogP contribution in [-0.2, 0) is 14.3 Å². The third kappa shape index (κ3) is 16.7. The number of ether oxygens (including phenoxy) is 2. The number of aliphatic hydroxyl groups is 2. The zero-order valence-corrected chi connectivity index (χ0v) is 26.9. The van der Waals surface area contributed by atoms with Gasteiger partial charge in [0.2, 0.25) is 6.10 Å². The molecule has 0 radical (unpaired) electrons. The van der Waals surface area contributed by atoms with Crippen molar-refractivity contribution >= 4 is 5.97 Å². The van der Waals surface area contributed by atoms with E-state index in [2.05, 4.69) is 11.7 Å². The van der Waals surface area contributed by atoms with Gasteiger partial charge in [-0.2, -0.15) is 13.2 Å². The molecule has 0 bridgehead atoms. The number of carbonyl (C=O) groups excluding carboxylic acids is 1. The van der Waals surface area contributed by atoms with Crippen LogP contribution in [0.2, 0.25) is 0 Å². The third-order valence-electron chi connectivity index (χ3n) is 9.16. The van der Waals surface area contributed by atoms with Crippen molar-refractivity contribution in [1.82, 2.24) is 0 Å². The van der Waals surface area contributed by atoms with Crippen molar-refractivity contribution in [3.63, 3.8) is 0 Å². The molecular formula is C35H61F3O5. The maximum Gasteiger partial charge on any atom is 0.429 e. The maximum atomic E-state index is 12.6. The SMILES string of the molecule is CCCCCCCCCCCC[C@@H](O)C1CC[C@H]([C@H](O)CCCCCCCCCCCCC2=C[C@H](C(F)(F)F)OC2=O)O1. The van der Waals surface area contributed by atoms with Gasteiger partial charge in [0.25, 0.3) is 0 Å². The van der Waals surface area contributed by atoms with E-state index in [1.54, 1.807) is 0 Å². The van der Waals surface area contributed by atoms with Crippen molar-refractivity contribution in [1.29, 1.82) is 0 Å². The Bertz CT molecular complexity index is 756. The largest absolute Gasteiger partial charge is 0.445 e. The van der Waals surface area contributed by atoms with Crippen LogP contribution in [0.5, 0.6) is 0 Å². The van der Waals surface area contributed by atoms with Gasteiger partial charge in [0.1, 0.15) is 0 Å². The summed E-state index contributed by atoms with van der Waals surface area (Å²) in [5, 5.41) is 21.2. The summed E-state index contributed by atoms with van der Waals surface area (Å²) in [6.45, 7) is 2.25. The van der Waals surface area contributed by atoms with Crippen LogP contribution in [0, 0.1) is 0 Å². The number of carbonyl (C=O) groups is 1. The highest BCUT2D eigenvalue weighted by molar-refractivity contribution is 5.90. The molecule has 0 spiro atoms. The molecule has 1 saturated heterocycles. The molecule has 1 unspecified atom stereocenters. The lowest BCUT2D eigenvalue weighted by Gasteiger charge is -2.22. The molecule has 252 valence electrons. The van der Waals surface area contributed by atoms with E-state index < -0.39 is 30.5 Å². The summed E-state index contributed by atoms with van der Waals surface area (Å²) in [6.07, 6.45) is 20.1. The second-order valence-electron chi connectivity index (χ2n) is 13.0. The molecule has 5 nitrogen and oxygen atoms in total. The van der Waals surface area contributed by atoms with Gasteiger partial charge in [-0.3, -0.25) is 0 Å². The molecule has 0 amide bonds. The number of aliphatic hydroxyl groups excluding tert-OH is 2. The number of hydrogen-bond donors (Lipinski definition) is 2. The first-order valence-electron chi connectivity index (χ1n) is 17.7. The van der Waals surface area contributed by atoms with E-state index in [4.69, 9.17) is 4.74 Å². The fourth-order valence-corrected chi connectivity index (χ4v) is 6.37. The second kappa shape index (κ2) is 22.4. The minimum atomic E-state index is -4.53. The Kier molecular flexibility index (Phi) is 19.8. The smallest absolute Gasteiger partial charge is 0.429 e. The first-order chi connectivity index (χ1) is 20.7. The number of unbranched alkanes of at least 4 members (excludes halogenated alkanes) is 18. The van der Waals surface area contributed by atoms with Crippen LogP contribution in [0.4, 0.5) is 13.2 Å². The topological polar surface area (TPSA) is 76.0 Å². The minimum Gasteiger partial charge on any atom is -0.445 e. The first-order valence-corrected chi connectivity index (χ1v) is 17.7. The standard InChI is InChI=1S/C35H61F3O5/c1-2-3-4-5-6-7-11-14-17-20-23-29(39)31-25-26-32(42-31)30(40)24-21-18-15-12-9-8-10-13-16-19-22-28-27-33(35(36,37)38)43-34(28)41/h27,29-33,39-40H,2-26H2,1H3/t29-,30-,31?,32-,33-/m1/s1. The van der Waals surface area contributed by atoms with Crippen LogP contribution < -0.4 is 0 Å². The third-order valence-corrected chi connectivity index (χ3v) is 9.16. The molecule has 5 atom stereocenters. The van der Waals surface area contributed by atoms with E-state index in [1.165, 1.54) is 64.2 Å². The number of alkyl halides is 3. The van der Waals surface area contributed by atoms with Crippen LogP contribution in [0.3, 0.4) is 0 Å². The van der Waals surface area contributed by atoms with E-state index in [0.29, 0.717) is 12.8 Å². The molecule has 2 N–H and O–H groups in total. The van der Waals surface area contributed by atoms with E-state index in [0.717, 1.165) is 89.5 Å². The summed E-state index contributed by atoms with van der Waals surface area (Å²) in [6, 6.07) is 0. The molecule has 2 heterocycles. The maximum absolute atomic E-state index is 12.6. The van der Waals surface area contributed by atoms with Crippen LogP contribution in [0.25, 0.3) is 0 Å². The molecule has 0 aliphatic carbocycles. The predicted molar refractivity (Wildman–Crippen MR) is 166 cm³/mol. The van der Waals surface area contributed by atoms with Crippen molar-refractivity contribution in [2.24, 2.45) is 0 Å². The van der Waals surface area contributed by atoms with Crippen LogP contribution >= 0.6 is 0 Å². The number of cyclic esters (lactones) is 1. The van der Waals surface area contributed by atoms with Crippen molar-refractivity contribution < 1.29 is 37.7 Å². The highest BCUT2D eigenvalue weighted by Gasteiger charge is 2.45. The Hall–Kier alpha value is -1.12. The van der Waals surface area contributed by atoms with E-state index in [9.17, 15) is 28.2 Å². The van der Waals surface area contributed by atoms with Gasteiger partial charge in [-0.25, -0.2) is 4.79 Å². The lowest BCUT2D eigenvalue weighted by atomic mass is 10.00. The zero-order valence-electron chi connectivity index (χ0n) is 26.9. The Morgan fingerprint density at radius 3 is 1.49 bits per heavy atom. The Morgan fingerprint density at radius 1 is 0.698 bits per heavy atom. The number of hydrogen-bond acceptors (Lipinski definition) is 5. The molecule has 0 aromatic heterocycles. The van der Waals surface area contributed by atoms with Crippen molar-refractivity contribution in [2.45, 2.75) is 204 Å². The van der Waals surface area contributed by atoms with Gasteiger partial charge in [0.15, 0.2) is 0 Å². The highest BCUT2D eigenvalue weighted by Crippen LogP contribution is 2.31. The summed E-state index contributed by atoms with van der Waals surface area (Å²) >= 11 is 0. The highest BCUT2D eigenvalue weighted by atomic mass is 19.4. The normalized spacial score (nSPS) is 22.1. The molecule has 2 aliphatic heterocycles. The predicted octanol–water partition coefficient (Wildman–Crippen LogP) is 9.66. The molecule has 0 aromatic rings. The van der Waals surface area contributed by atoms with Crippen LogP contribution in [0.1, 0.15) is 167 Å². The van der Waals surface area contributed by atoms with Gasteiger partial charge < -0.3 is 19.7 Å². The number of esters is 1. The average molecular weight is 619 g/mol. The summed E-state index contributed by atoms with van der Waals surface area (Å²) in [5.41, 5.74) is 0.156. The van der Waals surface area contributed by atoms with Crippen LogP contribution in [-0.4, -0.2) is 52.9 Å². The summed E-state index contributed by atoms with van der Waals surface area (Å²) in [7, 11) is 0. The number of halogens is 3. The van der Waals surface area contributed by atoms with Gasteiger partial charge in [-0.15, -0.1) is 0 Å². The average Bonchev–Trinajstić information content (AvgIpc) is 3.62. The minimum absolute atomic E-state index is 0.128. The molecule has 0 aromatic carbocycles. The van der Waals surface area contributed by atoms with Crippen molar-refractivity contribution in [2.75, 3.05) is 0 Å². The van der Waals surface area contributed by atoms with E-state index in [1.807, 2.05) is 0 Å². The van der Waals surface area contributed by atoms with E-state index in [-0.39, 0.29) is 17.8 Å². The Labute approximate surface area is 259 Å². The summed E-state index contributed by atoms with van der Waals surface area (Å²) in [5.74, 6) is -0.830. The molecule has 2 rings (SSSR count). The van der Waals surface area contributed by atoms with Crippen LogP contribution in [0.15, 0.2) is 11.6 Å². The van der Waals surface area contributed by atoms with E-state index >= 15 is 0 Å². The molecule has 2 aliphatic rings. The lowest BCUT2D eigenvalue weighted by Crippen LogP contribution is -2.31. The van der Waals surface area contributed by atoms with Crippen molar-refractivity contribution in [3.8, 4) is 0 Å². The molecule has 8 heteroatoms. The molecular weight excluding hydrogens is 557 g/mol. The fraction of sp³-hybridized carbons (Fsp3) is 0.914. The summed E-state index contributed by atoms with van der Waals surface area (Å²) in [4.78, 5) is 11.6. The van der Waals surface area contributed by atoms with Gasteiger partial charge in [0.05, 0.1) is 24.4 Å². The fourth-order valence-electron chi connectivity index (χ4n) is 6.37. The second-order valence-corrected chi connectivity index (χ2v) is 13.0. The Morgan fingerprint density at radius 2 is 1.09 bits per heavy atom. The van der Waals surface area contributed by atoms with Gasteiger partial charge in [0, 0.05) is 5.57 Å². The quantitative estimate of drug-likeness (QED) is 0.0746. The van der Waals surface area contributed by atoms with Crippen molar-refractivity contribution in [3.05, 3.63) is 11.6 Å². The van der Waals surface area contributed by atoms with Gasteiger partial charge in [-0.05, 0) is 44.6 Å². The first kappa shape index (κ1) is 38.1. The number of rotatable bonds is 26. The molecule has 43 heavy (non-hydrogen) atoms. The Balaban J connectivity index is 1.37. The molecule has 0 saturated carbocycles. The van der Waals surface area contributed by atoms with Gasteiger partial charge in [-0.1, -0.05) is 129 Å². The lowest BCUT2D eigenvalue weighted by molar-refractivity contribution is -0.201. The summed E-state index contributed by atoms with van der Waals surface area (Å²) < 4.78 is 48.4. The molecule has 1 fully saturated rings. The zero-order chi connectivity index (χ0) is 31.3.